The van der Waals surface area contributed by atoms with Crippen LogP contribution in [0.1, 0.15) is 20.8 Å². The molecular weight excluding hydrogens is 248 g/mol. The standard InChI is InChI=1S/C13H20N2O4/c1-4-18-13-9-11(5-6-12(13)15(16)17)19-8-7-14-10(2)3/h5-6,9-10,14H,4,7-8H2,1-3H3. The first kappa shape index (κ1) is 15.2. The van der Waals surface area contributed by atoms with Gasteiger partial charge in [-0.25, -0.2) is 0 Å². The van der Waals surface area contributed by atoms with Gasteiger partial charge in [0.1, 0.15) is 12.4 Å². The molecule has 0 amide bonds. The molecular formula is C13H20N2O4. The summed E-state index contributed by atoms with van der Waals surface area (Å²) in [6.07, 6.45) is 0. The quantitative estimate of drug-likeness (QED) is 0.445. The molecule has 0 fully saturated rings. The molecule has 0 spiro atoms. The van der Waals surface area contributed by atoms with E-state index in [1.54, 1.807) is 19.1 Å². The molecule has 1 N–H and O–H groups in total. The topological polar surface area (TPSA) is 73.6 Å². The molecule has 6 nitrogen and oxygen atoms in total. The number of rotatable bonds is 8. The lowest BCUT2D eigenvalue weighted by Gasteiger charge is -2.11. The molecule has 0 radical (unpaired) electrons. The average Bonchev–Trinajstić information content (AvgIpc) is 2.35. The van der Waals surface area contributed by atoms with Crippen molar-refractivity contribution in [3.05, 3.63) is 28.3 Å². The Morgan fingerprint density at radius 3 is 2.68 bits per heavy atom. The number of hydrogen-bond donors (Lipinski definition) is 1. The fourth-order valence-electron chi connectivity index (χ4n) is 1.52. The molecule has 106 valence electrons. The van der Waals surface area contributed by atoms with Crippen LogP contribution >= 0.6 is 0 Å². The molecule has 19 heavy (non-hydrogen) atoms. The van der Waals surface area contributed by atoms with E-state index >= 15 is 0 Å². The monoisotopic (exact) mass is 268 g/mol. The van der Waals surface area contributed by atoms with Crippen LogP contribution in [0, 0.1) is 10.1 Å². The van der Waals surface area contributed by atoms with E-state index in [0.717, 1.165) is 6.54 Å². The zero-order chi connectivity index (χ0) is 14.3. The van der Waals surface area contributed by atoms with Gasteiger partial charge >= 0.3 is 5.69 Å². The Morgan fingerprint density at radius 2 is 2.11 bits per heavy atom. The molecule has 0 aliphatic heterocycles. The largest absolute Gasteiger partial charge is 0.492 e. The van der Waals surface area contributed by atoms with Gasteiger partial charge in [-0.05, 0) is 13.0 Å². The normalized spacial score (nSPS) is 10.5. The van der Waals surface area contributed by atoms with E-state index in [4.69, 9.17) is 9.47 Å². The summed E-state index contributed by atoms with van der Waals surface area (Å²) in [5, 5.41) is 14.0. The minimum atomic E-state index is -0.463. The van der Waals surface area contributed by atoms with Crippen molar-refractivity contribution in [3.63, 3.8) is 0 Å². The Balaban J connectivity index is 2.64. The van der Waals surface area contributed by atoms with Crippen molar-refractivity contribution in [3.8, 4) is 11.5 Å². The lowest BCUT2D eigenvalue weighted by molar-refractivity contribution is -0.385. The number of hydrogen-bond acceptors (Lipinski definition) is 5. The molecule has 0 heterocycles. The van der Waals surface area contributed by atoms with Gasteiger partial charge in [-0.2, -0.15) is 0 Å². The molecule has 0 saturated carbocycles. The molecule has 1 aromatic rings. The second-order valence-electron chi connectivity index (χ2n) is 4.28. The van der Waals surface area contributed by atoms with Crippen LogP contribution < -0.4 is 14.8 Å². The molecule has 0 atom stereocenters. The first-order chi connectivity index (χ1) is 9.04. The third-order valence-electron chi connectivity index (χ3n) is 2.35. The Labute approximate surface area is 112 Å². The smallest absolute Gasteiger partial charge is 0.311 e. The van der Waals surface area contributed by atoms with Gasteiger partial charge in [0.25, 0.3) is 0 Å². The number of ether oxygens (including phenoxy) is 2. The Hall–Kier alpha value is -1.82. The highest BCUT2D eigenvalue weighted by atomic mass is 16.6. The van der Waals surface area contributed by atoms with Crippen molar-refractivity contribution in [1.29, 1.82) is 0 Å². The highest BCUT2D eigenvalue weighted by Crippen LogP contribution is 2.31. The lowest BCUT2D eigenvalue weighted by atomic mass is 10.3. The van der Waals surface area contributed by atoms with Gasteiger partial charge < -0.3 is 14.8 Å². The lowest BCUT2D eigenvalue weighted by Crippen LogP contribution is -2.27. The summed E-state index contributed by atoms with van der Waals surface area (Å²) >= 11 is 0. The number of nitro benzene ring substituents is 1. The van der Waals surface area contributed by atoms with Crippen molar-refractivity contribution in [2.75, 3.05) is 19.8 Å². The first-order valence-corrected chi connectivity index (χ1v) is 6.32. The summed E-state index contributed by atoms with van der Waals surface area (Å²) in [5.41, 5.74) is -0.0468. The maximum Gasteiger partial charge on any atom is 0.311 e. The number of nitrogens with zero attached hydrogens (tertiary/aromatic N) is 1. The van der Waals surface area contributed by atoms with Gasteiger partial charge in [-0.1, -0.05) is 13.8 Å². The van der Waals surface area contributed by atoms with Crippen LogP contribution in [0.5, 0.6) is 11.5 Å². The second-order valence-corrected chi connectivity index (χ2v) is 4.28. The number of nitro groups is 1. The van der Waals surface area contributed by atoms with Crippen LogP contribution in [0.15, 0.2) is 18.2 Å². The maximum absolute atomic E-state index is 10.8. The SMILES string of the molecule is CCOc1cc(OCCNC(C)C)ccc1[N+](=O)[O-]. The minimum absolute atomic E-state index is 0.0468. The van der Waals surface area contributed by atoms with Crippen LogP contribution in [0.4, 0.5) is 5.69 Å². The van der Waals surface area contributed by atoms with E-state index in [1.807, 2.05) is 0 Å². The molecule has 0 aromatic heterocycles. The molecule has 1 rings (SSSR count). The van der Waals surface area contributed by atoms with Crippen molar-refractivity contribution < 1.29 is 14.4 Å². The third-order valence-corrected chi connectivity index (χ3v) is 2.35. The van der Waals surface area contributed by atoms with Gasteiger partial charge in [0, 0.05) is 24.7 Å². The van der Waals surface area contributed by atoms with Gasteiger partial charge in [-0.3, -0.25) is 10.1 Å². The van der Waals surface area contributed by atoms with Gasteiger partial charge in [-0.15, -0.1) is 0 Å². The molecule has 6 heteroatoms. The molecule has 0 bridgehead atoms. The third kappa shape index (κ3) is 5.13. The van der Waals surface area contributed by atoms with Gasteiger partial charge in [0.2, 0.25) is 5.75 Å². The molecule has 0 saturated heterocycles. The molecule has 0 aliphatic rings. The number of benzene rings is 1. The summed E-state index contributed by atoms with van der Waals surface area (Å²) in [6, 6.07) is 4.93. The minimum Gasteiger partial charge on any atom is -0.492 e. The van der Waals surface area contributed by atoms with Crippen molar-refractivity contribution in [1.82, 2.24) is 5.32 Å². The molecule has 0 unspecified atom stereocenters. The predicted octanol–water partition coefficient (Wildman–Crippen LogP) is 2.37. The van der Waals surface area contributed by atoms with E-state index in [1.165, 1.54) is 6.07 Å². The van der Waals surface area contributed by atoms with Crippen LogP contribution in [0.2, 0.25) is 0 Å². The fourth-order valence-corrected chi connectivity index (χ4v) is 1.52. The Morgan fingerprint density at radius 1 is 1.37 bits per heavy atom. The maximum atomic E-state index is 10.8. The van der Waals surface area contributed by atoms with Crippen molar-refractivity contribution in [2.24, 2.45) is 0 Å². The highest BCUT2D eigenvalue weighted by Gasteiger charge is 2.15. The summed E-state index contributed by atoms with van der Waals surface area (Å²) in [5.74, 6) is 0.807. The average molecular weight is 268 g/mol. The first-order valence-electron chi connectivity index (χ1n) is 6.32. The summed E-state index contributed by atoms with van der Waals surface area (Å²) in [6.45, 7) is 7.49. The predicted molar refractivity (Wildman–Crippen MR) is 72.9 cm³/mol. The zero-order valence-corrected chi connectivity index (χ0v) is 11.5. The van der Waals surface area contributed by atoms with E-state index in [2.05, 4.69) is 19.2 Å². The molecule has 0 aliphatic carbocycles. The fraction of sp³-hybridized carbons (Fsp3) is 0.538. The number of nitrogens with one attached hydrogen (secondary N) is 1. The summed E-state index contributed by atoms with van der Waals surface area (Å²) in [4.78, 5) is 10.4. The zero-order valence-electron chi connectivity index (χ0n) is 11.5. The second kappa shape index (κ2) is 7.58. The van der Waals surface area contributed by atoms with E-state index in [9.17, 15) is 10.1 Å². The van der Waals surface area contributed by atoms with E-state index in [-0.39, 0.29) is 11.4 Å². The van der Waals surface area contributed by atoms with Crippen LogP contribution in [0.25, 0.3) is 0 Å². The Kier molecular flexibility index (Phi) is 6.08. The highest BCUT2D eigenvalue weighted by molar-refractivity contribution is 5.50. The van der Waals surface area contributed by atoms with Crippen molar-refractivity contribution in [2.45, 2.75) is 26.8 Å². The molecule has 1 aromatic carbocycles. The van der Waals surface area contributed by atoms with Crippen LogP contribution in [-0.4, -0.2) is 30.7 Å². The summed E-state index contributed by atoms with van der Waals surface area (Å²) in [7, 11) is 0. The van der Waals surface area contributed by atoms with E-state index < -0.39 is 4.92 Å². The van der Waals surface area contributed by atoms with Crippen LogP contribution in [-0.2, 0) is 0 Å². The Bertz CT molecular complexity index is 421. The van der Waals surface area contributed by atoms with E-state index in [0.29, 0.717) is 25.0 Å². The van der Waals surface area contributed by atoms with Crippen LogP contribution in [0.3, 0.4) is 0 Å². The van der Waals surface area contributed by atoms with Gasteiger partial charge in [0.15, 0.2) is 0 Å². The van der Waals surface area contributed by atoms with Gasteiger partial charge in [0.05, 0.1) is 11.5 Å². The van der Waals surface area contributed by atoms with Crippen molar-refractivity contribution >= 4 is 5.69 Å². The summed E-state index contributed by atoms with van der Waals surface area (Å²) < 4.78 is 10.8.